The molecule has 142 valence electrons. The van der Waals surface area contributed by atoms with Gasteiger partial charge in [-0.3, -0.25) is 0 Å². The number of hydrogen-bond acceptors (Lipinski definition) is 3. The van der Waals surface area contributed by atoms with Crippen molar-refractivity contribution in [3.63, 3.8) is 0 Å². The largest absolute Gasteiger partial charge is 0.497 e. The lowest BCUT2D eigenvalue weighted by Gasteiger charge is -2.11. The van der Waals surface area contributed by atoms with Crippen molar-refractivity contribution in [1.29, 1.82) is 0 Å². The van der Waals surface area contributed by atoms with Gasteiger partial charge in [-0.25, -0.2) is 13.6 Å². The van der Waals surface area contributed by atoms with Gasteiger partial charge in [0.15, 0.2) is 0 Å². The van der Waals surface area contributed by atoms with Crippen LogP contribution in [0.2, 0.25) is 0 Å². The molecule has 3 aromatic rings. The Balaban J connectivity index is 2.05. The van der Waals surface area contributed by atoms with E-state index in [4.69, 9.17) is 9.88 Å². The van der Waals surface area contributed by atoms with Gasteiger partial charge in [0.1, 0.15) is 5.75 Å². The van der Waals surface area contributed by atoms with Crippen LogP contribution in [-0.2, 0) is 16.4 Å². The van der Waals surface area contributed by atoms with Crippen LogP contribution >= 0.6 is 0 Å². The number of unbranched alkanes of at least 4 members (excludes halogenated alkanes) is 1. The van der Waals surface area contributed by atoms with E-state index in [0.717, 1.165) is 42.0 Å². The highest BCUT2D eigenvalue weighted by Crippen LogP contribution is 2.28. The number of rotatable bonds is 7. The molecule has 0 amide bonds. The Hall–Kier alpha value is -2.57. The van der Waals surface area contributed by atoms with Gasteiger partial charge in [0, 0.05) is 11.9 Å². The molecule has 0 saturated carbocycles. The van der Waals surface area contributed by atoms with E-state index in [1.807, 2.05) is 24.3 Å². The summed E-state index contributed by atoms with van der Waals surface area (Å²) in [6.07, 6.45) is 5.39. The molecular formula is C21H24N2O3S. The molecule has 0 atom stereocenters. The standard InChI is InChI=1S/C21H24N2O3S/c1-3-4-5-16-14-21(17-6-12-20(13-7-17)27(22,24)25)23(15-16)18-8-10-19(26-2)11-9-18/h6-15H,3-5H2,1-2H3,(H2,22,24,25). The quantitative estimate of drug-likeness (QED) is 0.665. The van der Waals surface area contributed by atoms with E-state index >= 15 is 0 Å². The summed E-state index contributed by atoms with van der Waals surface area (Å²) in [5.41, 5.74) is 4.20. The Morgan fingerprint density at radius 1 is 1.04 bits per heavy atom. The van der Waals surface area contributed by atoms with E-state index in [1.54, 1.807) is 31.4 Å². The summed E-state index contributed by atoms with van der Waals surface area (Å²) < 4.78 is 30.4. The molecule has 0 radical (unpaired) electrons. The average molecular weight is 385 g/mol. The molecule has 6 heteroatoms. The summed E-state index contributed by atoms with van der Waals surface area (Å²) in [6, 6.07) is 16.7. The minimum atomic E-state index is -3.70. The van der Waals surface area contributed by atoms with Crippen molar-refractivity contribution in [2.45, 2.75) is 31.1 Å². The third-order valence-electron chi connectivity index (χ3n) is 4.52. The van der Waals surface area contributed by atoms with Crippen LogP contribution in [0.5, 0.6) is 5.75 Å². The second-order valence-corrected chi connectivity index (χ2v) is 8.04. The van der Waals surface area contributed by atoms with Crippen molar-refractivity contribution in [3.8, 4) is 22.7 Å². The topological polar surface area (TPSA) is 74.3 Å². The van der Waals surface area contributed by atoms with Gasteiger partial charge in [-0.2, -0.15) is 0 Å². The molecule has 0 spiro atoms. The van der Waals surface area contributed by atoms with Gasteiger partial charge in [0.25, 0.3) is 0 Å². The van der Waals surface area contributed by atoms with Crippen LogP contribution in [0.3, 0.4) is 0 Å². The molecule has 0 unspecified atom stereocenters. The summed E-state index contributed by atoms with van der Waals surface area (Å²) in [4.78, 5) is 0.111. The van der Waals surface area contributed by atoms with Gasteiger partial charge in [0.2, 0.25) is 10.0 Å². The predicted octanol–water partition coefficient (Wildman–Crippen LogP) is 4.14. The van der Waals surface area contributed by atoms with Crippen LogP contribution in [0.25, 0.3) is 16.9 Å². The van der Waals surface area contributed by atoms with Crippen LogP contribution in [0.4, 0.5) is 0 Å². The Morgan fingerprint density at radius 3 is 2.26 bits per heavy atom. The molecule has 0 fully saturated rings. The molecule has 0 aliphatic carbocycles. The maximum atomic E-state index is 11.5. The van der Waals surface area contributed by atoms with Crippen LogP contribution in [0.1, 0.15) is 25.3 Å². The molecule has 2 N–H and O–H groups in total. The SMILES string of the molecule is CCCCc1cc(-c2ccc(S(N)(=O)=O)cc2)n(-c2ccc(OC)cc2)c1. The first-order valence-electron chi connectivity index (χ1n) is 8.91. The van der Waals surface area contributed by atoms with Crippen LogP contribution in [0, 0.1) is 0 Å². The zero-order valence-corrected chi connectivity index (χ0v) is 16.4. The van der Waals surface area contributed by atoms with Crippen molar-refractivity contribution >= 4 is 10.0 Å². The van der Waals surface area contributed by atoms with Crippen molar-refractivity contribution in [3.05, 3.63) is 66.4 Å². The van der Waals surface area contributed by atoms with E-state index in [0.29, 0.717) is 0 Å². The van der Waals surface area contributed by atoms with Gasteiger partial charge in [-0.05, 0) is 66.4 Å². The highest BCUT2D eigenvalue weighted by Gasteiger charge is 2.12. The van der Waals surface area contributed by atoms with Crippen LogP contribution in [-0.4, -0.2) is 20.1 Å². The Bertz CT molecular complexity index is 1000. The molecule has 0 saturated heterocycles. The number of hydrogen-bond donors (Lipinski definition) is 1. The molecule has 1 aromatic heterocycles. The van der Waals surface area contributed by atoms with E-state index < -0.39 is 10.0 Å². The second-order valence-electron chi connectivity index (χ2n) is 6.47. The monoisotopic (exact) mass is 384 g/mol. The van der Waals surface area contributed by atoms with Crippen LogP contribution < -0.4 is 9.88 Å². The number of aryl methyl sites for hydroxylation is 1. The first-order valence-corrected chi connectivity index (χ1v) is 10.5. The summed E-state index contributed by atoms with van der Waals surface area (Å²) in [7, 11) is -2.05. The maximum Gasteiger partial charge on any atom is 0.238 e. The zero-order chi connectivity index (χ0) is 19.4. The highest BCUT2D eigenvalue weighted by atomic mass is 32.2. The fourth-order valence-corrected chi connectivity index (χ4v) is 3.55. The number of sulfonamides is 1. The Morgan fingerprint density at radius 2 is 1.70 bits per heavy atom. The van der Waals surface area contributed by atoms with E-state index in [-0.39, 0.29) is 4.90 Å². The first-order chi connectivity index (χ1) is 12.9. The molecule has 0 aliphatic rings. The number of ether oxygens (including phenoxy) is 1. The van der Waals surface area contributed by atoms with Gasteiger partial charge < -0.3 is 9.30 Å². The van der Waals surface area contributed by atoms with Crippen molar-refractivity contribution < 1.29 is 13.2 Å². The molecule has 2 aromatic carbocycles. The summed E-state index contributed by atoms with van der Waals surface area (Å²) in [5, 5.41) is 5.21. The molecule has 1 heterocycles. The Kier molecular flexibility index (Phi) is 5.68. The lowest BCUT2D eigenvalue weighted by atomic mass is 10.1. The molecular weight excluding hydrogens is 360 g/mol. The Labute approximate surface area is 160 Å². The van der Waals surface area contributed by atoms with E-state index in [1.165, 1.54) is 5.56 Å². The van der Waals surface area contributed by atoms with Gasteiger partial charge in [-0.15, -0.1) is 0 Å². The number of methoxy groups -OCH3 is 1. The average Bonchev–Trinajstić information content (AvgIpc) is 3.10. The fourth-order valence-electron chi connectivity index (χ4n) is 3.03. The smallest absolute Gasteiger partial charge is 0.238 e. The van der Waals surface area contributed by atoms with Crippen molar-refractivity contribution in [2.24, 2.45) is 5.14 Å². The number of aromatic nitrogens is 1. The van der Waals surface area contributed by atoms with Crippen LogP contribution in [0.15, 0.2) is 65.7 Å². The summed E-state index contributed by atoms with van der Waals surface area (Å²) in [6.45, 7) is 2.17. The molecule has 0 aliphatic heterocycles. The molecule has 5 nitrogen and oxygen atoms in total. The lowest BCUT2D eigenvalue weighted by Crippen LogP contribution is -2.11. The fraction of sp³-hybridized carbons (Fsp3) is 0.238. The minimum Gasteiger partial charge on any atom is -0.497 e. The molecule has 3 rings (SSSR count). The third kappa shape index (κ3) is 4.40. The molecule has 0 bridgehead atoms. The van der Waals surface area contributed by atoms with Gasteiger partial charge >= 0.3 is 0 Å². The normalized spacial score (nSPS) is 11.5. The van der Waals surface area contributed by atoms with Crippen molar-refractivity contribution in [1.82, 2.24) is 4.57 Å². The van der Waals surface area contributed by atoms with E-state index in [2.05, 4.69) is 23.8 Å². The highest BCUT2D eigenvalue weighted by molar-refractivity contribution is 7.89. The number of benzene rings is 2. The van der Waals surface area contributed by atoms with Crippen molar-refractivity contribution in [2.75, 3.05) is 7.11 Å². The maximum absolute atomic E-state index is 11.5. The third-order valence-corrected chi connectivity index (χ3v) is 5.45. The number of primary sulfonamides is 1. The zero-order valence-electron chi connectivity index (χ0n) is 15.6. The van der Waals surface area contributed by atoms with Gasteiger partial charge in [0.05, 0.1) is 17.7 Å². The summed E-state index contributed by atoms with van der Waals surface area (Å²) >= 11 is 0. The lowest BCUT2D eigenvalue weighted by molar-refractivity contribution is 0.415. The first kappa shape index (κ1) is 19.2. The van der Waals surface area contributed by atoms with Gasteiger partial charge in [-0.1, -0.05) is 25.5 Å². The van der Waals surface area contributed by atoms with E-state index in [9.17, 15) is 8.42 Å². The second kappa shape index (κ2) is 7.98. The minimum absolute atomic E-state index is 0.111. The number of nitrogens with two attached hydrogens (primary N) is 1. The number of nitrogens with zero attached hydrogens (tertiary/aromatic N) is 1. The predicted molar refractivity (Wildman–Crippen MR) is 108 cm³/mol. The summed E-state index contributed by atoms with van der Waals surface area (Å²) in [5.74, 6) is 0.802. The molecule has 27 heavy (non-hydrogen) atoms.